The van der Waals surface area contributed by atoms with Crippen LogP contribution in [0.5, 0.6) is 5.75 Å². The summed E-state index contributed by atoms with van der Waals surface area (Å²) in [7, 11) is 0. The van der Waals surface area contributed by atoms with E-state index < -0.39 is 0 Å². The Morgan fingerprint density at radius 1 is 1.30 bits per heavy atom. The number of hydrogen-bond donors (Lipinski definition) is 1. The van der Waals surface area contributed by atoms with E-state index in [9.17, 15) is 4.79 Å². The van der Waals surface area contributed by atoms with Gasteiger partial charge in [-0.2, -0.15) is 0 Å². The lowest BCUT2D eigenvalue weighted by Crippen LogP contribution is -2.41. The minimum absolute atomic E-state index is 0.0407. The number of amides is 1. The van der Waals surface area contributed by atoms with Gasteiger partial charge >= 0.3 is 0 Å². The third kappa shape index (κ3) is 3.90. The van der Waals surface area contributed by atoms with Crippen LogP contribution in [-0.2, 0) is 4.79 Å². The number of benzene rings is 1. The van der Waals surface area contributed by atoms with E-state index in [4.69, 9.17) is 4.74 Å². The molecule has 1 aliphatic rings. The van der Waals surface area contributed by atoms with Gasteiger partial charge in [0.05, 0.1) is 12.5 Å². The van der Waals surface area contributed by atoms with Crippen molar-refractivity contribution in [3.63, 3.8) is 0 Å². The van der Waals surface area contributed by atoms with E-state index in [1.807, 2.05) is 43.5 Å². The molecule has 0 aliphatic carbocycles. The number of anilines is 2. The number of nitrogens with zero attached hydrogens (tertiary/aromatic N) is 2. The predicted octanol–water partition coefficient (Wildman–Crippen LogP) is 4.55. The van der Waals surface area contributed by atoms with Gasteiger partial charge in [-0.05, 0) is 61.5 Å². The number of pyridine rings is 1. The zero-order chi connectivity index (χ0) is 18.6. The van der Waals surface area contributed by atoms with Gasteiger partial charge in [-0.3, -0.25) is 4.79 Å². The molecule has 5 nitrogen and oxygen atoms in total. The molecule has 1 aliphatic heterocycles. The second kappa shape index (κ2) is 7.96. The average molecular weight is 382 g/mol. The van der Waals surface area contributed by atoms with Gasteiger partial charge < -0.3 is 15.0 Å². The number of nitrogens with one attached hydrogen (secondary N) is 1. The Morgan fingerprint density at radius 2 is 2.15 bits per heavy atom. The molecule has 0 bridgehead atoms. The average Bonchev–Trinajstić information content (AvgIpc) is 3.19. The van der Waals surface area contributed by atoms with Crippen molar-refractivity contribution in [2.45, 2.75) is 19.8 Å². The van der Waals surface area contributed by atoms with Crippen molar-refractivity contribution in [1.29, 1.82) is 0 Å². The summed E-state index contributed by atoms with van der Waals surface area (Å²) < 4.78 is 6.69. The van der Waals surface area contributed by atoms with Crippen LogP contribution in [0.2, 0.25) is 0 Å². The van der Waals surface area contributed by atoms with E-state index in [1.165, 1.54) is 10.1 Å². The highest BCUT2D eigenvalue weighted by Crippen LogP contribution is 2.31. The Balaban J connectivity index is 1.44. The third-order valence-corrected chi connectivity index (χ3v) is 5.77. The second-order valence-electron chi connectivity index (χ2n) is 6.70. The zero-order valence-electron chi connectivity index (χ0n) is 15.4. The SMILES string of the molecule is CCOc1ccc(NC(=O)C2CCCN(c3nccc4sccc34)C2)cc1. The van der Waals surface area contributed by atoms with Crippen LogP contribution in [0.1, 0.15) is 19.8 Å². The van der Waals surface area contributed by atoms with Gasteiger partial charge in [-0.1, -0.05) is 0 Å². The van der Waals surface area contributed by atoms with Crippen LogP contribution in [0, 0.1) is 5.92 Å². The van der Waals surface area contributed by atoms with Crippen LogP contribution >= 0.6 is 11.3 Å². The molecule has 1 saturated heterocycles. The molecule has 140 valence electrons. The number of hydrogen-bond acceptors (Lipinski definition) is 5. The molecule has 2 aromatic heterocycles. The maximum Gasteiger partial charge on any atom is 0.229 e. The van der Waals surface area contributed by atoms with Crippen LogP contribution in [0.15, 0.2) is 48.0 Å². The standard InChI is InChI=1S/C21H23N3O2S/c1-2-26-17-7-5-16(6-8-17)23-21(25)15-4-3-12-24(14-15)20-18-10-13-27-19(18)9-11-22-20/h5-11,13,15H,2-4,12,14H2,1H3,(H,23,25). The van der Waals surface area contributed by atoms with Crippen molar-refractivity contribution in [3.05, 3.63) is 48.0 Å². The topological polar surface area (TPSA) is 54.5 Å². The normalized spacial score (nSPS) is 17.1. The number of aromatic nitrogens is 1. The summed E-state index contributed by atoms with van der Waals surface area (Å²) in [6.45, 7) is 4.23. The Hall–Kier alpha value is -2.60. The van der Waals surface area contributed by atoms with Gasteiger partial charge in [-0.15, -0.1) is 11.3 Å². The molecule has 1 N–H and O–H groups in total. The Kier molecular flexibility index (Phi) is 5.25. The fourth-order valence-corrected chi connectivity index (χ4v) is 4.34. The summed E-state index contributed by atoms with van der Waals surface area (Å²) in [4.78, 5) is 19.6. The molecule has 1 unspecified atom stereocenters. The second-order valence-corrected chi connectivity index (χ2v) is 7.65. The van der Waals surface area contributed by atoms with Crippen molar-refractivity contribution >= 4 is 38.8 Å². The van der Waals surface area contributed by atoms with Crippen LogP contribution in [0.4, 0.5) is 11.5 Å². The molecule has 27 heavy (non-hydrogen) atoms. The molecular formula is C21H23N3O2S. The third-order valence-electron chi connectivity index (χ3n) is 4.88. The van der Waals surface area contributed by atoms with Crippen molar-refractivity contribution in [3.8, 4) is 5.75 Å². The Morgan fingerprint density at radius 3 is 2.96 bits per heavy atom. The summed E-state index contributed by atoms with van der Waals surface area (Å²) in [6.07, 6.45) is 3.75. The maximum atomic E-state index is 12.8. The van der Waals surface area contributed by atoms with Crippen molar-refractivity contribution in [1.82, 2.24) is 4.98 Å². The van der Waals surface area contributed by atoms with Crippen molar-refractivity contribution in [2.75, 3.05) is 29.9 Å². The van der Waals surface area contributed by atoms with Crippen molar-refractivity contribution < 1.29 is 9.53 Å². The molecule has 0 radical (unpaired) electrons. The molecule has 0 saturated carbocycles. The highest BCUT2D eigenvalue weighted by molar-refractivity contribution is 7.17. The van der Waals surface area contributed by atoms with Crippen molar-refractivity contribution in [2.24, 2.45) is 5.92 Å². The van der Waals surface area contributed by atoms with E-state index in [1.54, 1.807) is 11.3 Å². The Labute approximate surface area is 163 Å². The lowest BCUT2D eigenvalue weighted by molar-refractivity contribution is -0.120. The van der Waals surface area contributed by atoms with E-state index in [-0.39, 0.29) is 11.8 Å². The van der Waals surface area contributed by atoms with Crippen LogP contribution in [0.3, 0.4) is 0 Å². The highest BCUT2D eigenvalue weighted by Gasteiger charge is 2.27. The number of rotatable bonds is 5. The lowest BCUT2D eigenvalue weighted by Gasteiger charge is -2.33. The molecule has 3 aromatic rings. The van der Waals surface area contributed by atoms with E-state index in [0.29, 0.717) is 13.2 Å². The monoisotopic (exact) mass is 381 g/mol. The number of carbonyl (C=O) groups is 1. The lowest BCUT2D eigenvalue weighted by atomic mass is 9.96. The largest absolute Gasteiger partial charge is 0.494 e. The van der Waals surface area contributed by atoms with Crippen LogP contribution < -0.4 is 15.0 Å². The first-order chi connectivity index (χ1) is 13.2. The molecule has 1 atom stereocenters. The molecule has 1 amide bonds. The number of carbonyl (C=O) groups excluding carboxylic acids is 1. The van der Waals surface area contributed by atoms with Crippen LogP contribution in [0.25, 0.3) is 10.1 Å². The smallest absolute Gasteiger partial charge is 0.229 e. The summed E-state index contributed by atoms with van der Waals surface area (Å²) in [6, 6.07) is 11.7. The predicted molar refractivity (Wildman–Crippen MR) is 111 cm³/mol. The minimum Gasteiger partial charge on any atom is -0.494 e. The molecule has 6 heteroatoms. The fourth-order valence-electron chi connectivity index (χ4n) is 3.56. The van der Waals surface area contributed by atoms with E-state index in [2.05, 4.69) is 26.6 Å². The van der Waals surface area contributed by atoms with E-state index in [0.717, 1.165) is 36.6 Å². The highest BCUT2D eigenvalue weighted by atomic mass is 32.1. The molecule has 1 fully saturated rings. The van der Waals surface area contributed by atoms with E-state index >= 15 is 0 Å². The van der Waals surface area contributed by atoms with Gasteiger partial charge in [0, 0.05) is 35.1 Å². The number of piperidine rings is 1. The fraction of sp³-hybridized carbons (Fsp3) is 0.333. The van der Waals surface area contributed by atoms with Gasteiger partial charge in [0.2, 0.25) is 5.91 Å². The zero-order valence-corrected chi connectivity index (χ0v) is 16.2. The molecule has 3 heterocycles. The Bertz CT molecular complexity index is 923. The van der Waals surface area contributed by atoms with Gasteiger partial charge in [-0.25, -0.2) is 4.98 Å². The minimum atomic E-state index is -0.0407. The molecule has 1 aromatic carbocycles. The van der Waals surface area contributed by atoms with Gasteiger partial charge in [0.1, 0.15) is 11.6 Å². The number of ether oxygens (including phenoxy) is 1. The maximum absolute atomic E-state index is 12.8. The summed E-state index contributed by atoms with van der Waals surface area (Å²) in [5.41, 5.74) is 0.804. The quantitative estimate of drug-likeness (QED) is 0.704. The summed E-state index contributed by atoms with van der Waals surface area (Å²) >= 11 is 1.72. The molecule has 0 spiro atoms. The number of fused-ring (bicyclic) bond motifs is 1. The molecule has 4 rings (SSSR count). The van der Waals surface area contributed by atoms with Crippen LogP contribution in [-0.4, -0.2) is 30.6 Å². The first kappa shape index (κ1) is 17.8. The summed E-state index contributed by atoms with van der Waals surface area (Å²) in [5.74, 6) is 1.84. The van der Waals surface area contributed by atoms with Gasteiger partial charge in [0.25, 0.3) is 0 Å². The molecular weight excluding hydrogens is 358 g/mol. The number of thiophene rings is 1. The first-order valence-corrected chi connectivity index (χ1v) is 10.2. The first-order valence-electron chi connectivity index (χ1n) is 9.35. The van der Waals surface area contributed by atoms with Gasteiger partial charge in [0.15, 0.2) is 0 Å². The summed E-state index contributed by atoms with van der Waals surface area (Å²) in [5, 5.41) is 6.31.